The van der Waals surface area contributed by atoms with Crippen molar-refractivity contribution in [2.75, 3.05) is 6.54 Å². The molecule has 1 aliphatic rings. The molecule has 0 amide bonds. The summed E-state index contributed by atoms with van der Waals surface area (Å²) in [4.78, 5) is 0. The zero-order chi connectivity index (χ0) is 11.4. The van der Waals surface area contributed by atoms with E-state index in [0.717, 1.165) is 18.5 Å². The maximum absolute atomic E-state index is 4.13. The average Bonchev–Trinajstić information content (AvgIpc) is 3.06. The Balaban J connectivity index is 1.73. The SMILES string of the molecule is C=C(CNC1CC1CCC)c1ccccc1. The molecule has 1 fully saturated rings. The van der Waals surface area contributed by atoms with Gasteiger partial charge in [0.2, 0.25) is 0 Å². The van der Waals surface area contributed by atoms with Gasteiger partial charge in [-0.3, -0.25) is 0 Å². The fraction of sp³-hybridized carbons (Fsp3) is 0.467. The molecule has 0 aliphatic heterocycles. The Labute approximate surface area is 98.6 Å². The van der Waals surface area contributed by atoms with Gasteiger partial charge in [0.25, 0.3) is 0 Å². The van der Waals surface area contributed by atoms with E-state index in [-0.39, 0.29) is 0 Å². The minimum absolute atomic E-state index is 0.750. The Morgan fingerprint density at radius 3 is 2.81 bits per heavy atom. The van der Waals surface area contributed by atoms with Gasteiger partial charge in [0.05, 0.1) is 0 Å². The summed E-state index contributed by atoms with van der Waals surface area (Å²) in [6.45, 7) is 7.32. The van der Waals surface area contributed by atoms with Crippen LogP contribution in [0.2, 0.25) is 0 Å². The van der Waals surface area contributed by atoms with Crippen molar-refractivity contribution in [1.82, 2.24) is 5.32 Å². The molecule has 1 nitrogen and oxygen atoms in total. The number of hydrogen-bond donors (Lipinski definition) is 1. The molecule has 1 N–H and O–H groups in total. The van der Waals surface area contributed by atoms with E-state index in [2.05, 4.69) is 43.1 Å². The minimum atomic E-state index is 0.750. The maximum Gasteiger partial charge on any atom is 0.0208 e. The first-order valence-corrected chi connectivity index (χ1v) is 6.28. The number of nitrogens with one attached hydrogen (secondary N) is 1. The Morgan fingerprint density at radius 2 is 2.12 bits per heavy atom. The van der Waals surface area contributed by atoms with Crippen LogP contribution in [0.4, 0.5) is 0 Å². The molecule has 0 radical (unpaired) electrons. The minimum Gasteiger partial charge on any atom is -0.310 e. The molecule has 1 aromatic rings. The van der Waals surface area contributed by atoms with Gasteiger partial charge in [-0.15, -0.1) is 0 Å². The van der Waals surface area contributed by atoms with E-state index >= 15 is 0 Å². The zero-order valence-electron chi connectivity index (χ0n) is 10.1. The molecule has 1 aromatic carbocycles. The summed E-state index contributed by atoms with van der Waals surface area (Å²) in [5.41, 5.74) is 2.45. The van der Waals surface area contributed by atoms with Crippen LogP contribution in [0.25, 0.3) is 5.57 Å². The van der Waals surface area contributed by atoms with Crippen molar-refractivity contribution in [3.05, 3.63) is 42.5 Å². The van der Waals surface area contributed by atoms with Gasteiger partial charge >= 0.3 is 0 Å². The van der Waals surface area contributed by atoms with Crippen LogP contribution in [0, 0.1) is 5.92 Å². The second-order valence-corrected chi connectivity index (χ2v) is 4.74. The van der Waals surface area contributed by atoms with E-state index < -0.39 is 0 Å². The summed E-state index contributed by atoms with van der Waals surface area (Å²) in [7, 11) is 0. The van der Waals surface area contributed by atoms with Gasteiger partial charge in [-0.25, -0.2) is 0 Å². The Kier molecular flexibility index (Phi) is 3.79. The lowest BCUT2D eigenvalue weighted by molar-refractivity contribution is 0.628. The standard InChI is InChI=1S/C15H21N/c1-3-7-14-10-15(14)16-11-12(2)13-8-5-4-6-9-13/h4-6,8-9,14-16H,2-3,7,10-11H2,1H3. The van der Waals surface area contributed by atoms with Crippen molar-refractivity contribution in [3.8, 4) is 0 Å². The van der Waals surface area contributed by atoms with Crippen LogP contribution >= 0.6 is 0 Å². The van der Waals surface area contributed by atoms with Crippen molar-refractivity contribution in [1.29, 1.82) is 0 Å². The predicted molar refractivity (Wildman–Crippen MR) is 70.3 cm³/mol. The van der Waals surface area contributed by atoms with Crippen LogP contribution in [0.15, 0.2) is 36.9 Å². The summed E-state index contributed by atoms with van der Waals surface area (Å²) >= 11 is 0. The summed E-state index contributed by atoms with van der Waals surface area (Å²) in [6, 6.07) is 11.2. The van der Waals surface area contributed by atoms with Crippen molar-refractivity contribution in [3.63, 3.8) is 0 Å². The fourth-order valence-corrected chi connectivity index (χ4v) is 2.22. The maximum atomic E-state index is 4.13. The summed E-state index contributed by atoms with van der Waals surface area (Å²) in [5, 5.41) is 3.59. The highest BCUT2D eigenvalue weighted by molar-refractivity contribution is 5.64. The van der Waals surface area contributed by atoms with Crippen LogP contribution < -0.4 is 5.32 Å². The van der Waals surface area contributed by atoms with Gasteiger partial charge in [0, 0.05) is 12.6 Å². The highest BCUT2D eigenvalue weighted by atomic mass is 15.0. The lowest BCUT2D eigenvalue weighted by Crippen LogP contribution is -2.20. The molecule has 0 saturated heterocycles. The van der Waals surface area contributed by atoms with Crippen LogP contribution in [0.5, 0.6) is 0 Å². The van der Waals surface area contributed by atoms with Crippen LogP contribution in [0.3, 0.4) is 0 Å². The third-order valence-electron chi connectivity index (χ3n) is 3.34. The van der Waals surface area contributed by atoms with Crippen molar-refractivity contribution < 1.29 is 0 Å². The number of benzene rings is 1. The van der Waals surface area contributed by atoms with E-state index in [0.29, 0.717) is 0 Å². The van der Waals surface area contributed by atoms with Gasteiger partial charge in [0.15, 0.2) is 0 Å². The smallest absolute Gasteiger partial charge is 0.0208 e. The topological polar surface area (TPSA) is 12.0 Å². The lowest BCUT2D eigenvalue weighted by Gasteiger charge is -2.07. The molecule has 1 aliphatic carbocycles. The lowest BCUT2D eigenvalue weighted by atomic mass is 10.1. The van der Waals surface area contributed by atoms with Crippen LogP contribution in [0.1, 0.15) is 31.7 Å². The van der Waals surface area contributed by atoms with Gasteiger partial charge in [-0.05, 0) is 29.9 Å². The van der Waals surface area contributed by atoms with E-state index in [1.165, 1.54) is 30.4 Å². The monoisotopic (exact) mass is 215 g/mol. The van der Waals surface area contributed by atoms with E-state index in [1.807, 2.05) is 6.07 Å². The molecular formula is C15H21N. The van der Waals surface area contributed by atoms with Gasteiger partial charge in [0.1, 0.15) is 0 Å². The summed E-state index contributed by atoms with van der Waals surface area (Å²) < 4.78 is 0. The molecule has 0 heterocycles. The molecule has 0 aromatic heterocycles. The molecule has 86 valence electrons. The first-order valence-electron chi connectivity index (χ1n) is 6.28. The third-order valence-corrected chi connectivity index (χ3v) is 3.34. The molecule has 0 spiro atoms. The first-order chi connectivity index (χ1) is 7.81. The molecule has 1 saturated carbocycles. The van der Waals surface area contributed by atoms with Crippen LogP contribution in [-0.2, 0) is 0 Å². The van der Waals surface area contributed by atoms with Gasteiger partial charge in [-0.1, -0.05) is 50.3 Å². The molecule has 2 rings (SSSR count). The molecule has 1 heteroatoms. The van der Waals surface area contributed by atoms with E-state index in [4.69, 9.17) is 0 Å². The number of hydrogen-bond acceptors (Lipinski definition) is 1. The van der Waals surface area contributed by atoms with Gasteiger partial charge in [-0.2, -0.15) is 0 Å². The fourth-order valence-electron chi connectivity index (χ4n) is 2.22. The van der Waals surface area contributed by atoms with Crippen molar-refractivity contribution in [2.24, 2.45) is 5.92 Å². The first kappa shape index (κ1) is 11.4. The van der Waals surface area contributed by atoms with E-state index in [9.17, 15) is 0 Å². The largest absolute Gasteiger partial charge is 0.310 e. The highest BCUT2D eigenvalue weighted by Gasteiger charge is 2.35. The van der Waals surface area contributed by atoms with Crippen molar-refractivity contribution >= 4 is 5.57 Å². The zero-order valence-corrected chi connectivity index (χ0v) is 10.1. The van der Waals surface area contributed by atoms with Crippen LogP contribution in [-0.4, -0.2) is 12.6 Å². The Morgan fingerprint density at radius 1 is 1.38 bits per heavy atom. The van der Waals surface area contributed by atoms with Gasteiger partial charge < -0.3 is 5.32 Å². The normalized spacial score (nSPS) is 23.1. The molecule has 0 bridgehead atoms. The summed E-state index contributed by atoms with van der Waals surface area (Å²) in [5.74, 6) is 0.925. The van der Waals surface area contributed by atoms with Crippen molar-refractivity contribution in [2.45, 2.75) is 32.2 Å². The second kappa shape index (κ2) is 5.31. The average molecular weight is 215 g/mol. The quantitative estimate of drug-likeness (QED) is 0.766. The molecule has 2 atom stereocenters. The molecular weight excluding hydrogens is 194 g/mol. The second-order valence-electron chi connectivity index (χ2n) is 4.74. The third kappa shape index (κ3) is 2.96. The summed E-state index contributed by atoms with van der Waals surface area (Å²) in [6.07, 6.45) is 4.04. The Hall–Kier alpha value is -1.08. The Bertz CT molecular complexity index is 342. The highest BCUT2D eigenvalue weighted by Crippen LogP contribution is 2.34. The predicted octanol–water partition coefficient (Wildman–Crippen LogP) is 3.48. The molecule has 16 heavy (non-hydrogen) atoms. The van der Waals surface area contributed by atoms with E-state index in [1.54, 1.807) is 0 Å². The number of rotatable bonds is 6. The molecule has 2 unspecified atom stereocenters.